The summed E-state index contributed by atoms with van der Waals surface area (Å²) in [5.41, 5.74) is 5.54. The SMILES string of the molecule is CC1CC(C)C(N)=NC1=N. The van der Waals surface area contributed by atoms with Crippen LogP contribution in [0.1, 0.15) is 20.3 Å². The van der Waals surface area contributed by atoms with Crippen LogP contribution in [-0.2, 0) is 0 Å². The first-order chi connectivity index (χ1) is 4.61. The quantitative estimate of drug-likeness (QED) is 0.516. The zero-order valence-corrected chi connectivity index (χ0v) is 6.39. The fourth-order valence-electron chi connectivity index (χ4n) is 1.12. The Bertz CT molecular complexity index is 183. The van der Waals surface area contributed by atoms with Crippen LogP contribution in [0.2, 0.25) is 0 Å². The highest BCUT2D eigenvalue weighted by atomic mass is 14.9. The summed E-state index contributed by atoms with van der Waals surface area (Å²) in [7, 11) is 0. The van der Waals surface area contributed by atoms with Gasteiger partial charge in [0.15, 0.2) is 0 Å². The summed E-state index contributed by atoms with van der Waals surface area (Å²) in [6.45, 7) is 4.05. The van der Waals surface area contributed by atoms with E-state index in [1.165, 1.54) is 0 Å². The molecule has 0 aromatic heterocycles. The minimum atomic E-state index is 0.280. The van der Waals surface area contributed by atoms with E-state index in [0.717, 1.165) is 6.42 Å². The molecule has 56 valence electrons. The van der Waals surface area contributed by atoms with Gasteiger partial charge in [0.05, 0.1) is 0 Å². The van der Waals surface area contributed by atoms with Crippen LogP contribution in [0, 0.1) is 17.2 Å². The van der Waals surface area contributed by atoms with Crippen molar-refractivity contribution in [2.24, 2.45) is 22.6 Å². The summed E-state index contributed by atoms with van der Waals surface area (Å²) < 4.78 is 0. The van der Waals surface area contributed by atoms with E-state index in [-0.39, 0.29) is 5.92 Å². The molecule has 0 spiro atoms. The summed E-state index contributed by atoms with van der Waals surface area (Å²) in [6, 6.07) is 0. The van der Waals surface area contributed by atoms with Gasteiger partial charge in [-0.05, 0) is 6.42 Å². The molecule has 1 aliphatic heterocycles. The molecular weight excluding hydrogens is 126 g/mol. The zero-order valence-electron chi connectivity index (χ0n) is 6.39. The van der Waals surface area contributed by atoms with Gasteiger partial charge in [0, 0.05) is 11.8 Å². The summed E-state index contributed by atoms with van der Waals surface area (Å²) in [5.74, 6) is 1.67. The normalized spacial score (nSPS) is 33.8. The lowest BCUT2D eigenvalue weighted by Crippen LogP contribution is -2.31. The predicted molar refractivity (Wildman–Crippen MR) is 42.3 cm³/mol. The van der Waals surface area contributed by atoms with Crippen molar-refractivity contribution in [3.05, 3.63) is 0 Å². The molecule has 2 unspecified atom stereocenters. The van der Waals surface area contributed by atoms with Gasteiger partial charge in [-0.2, -0.15) is 0 Å². The van der Waals surface area contributed by atoms with Gasteiger partial charge in [0.1, 0.15) is 11.7 Å². The van der Waals surface area contributed by atoms with E-state index in [0.29, 0.717) is 17.6 Å². The van der Waals surface area contributed by atoms with Gasteiger partial charge in [0.2, 0.25) is 0 Å². The highest BCUT2D eigenvalue weighted by molar-refractivity contribution is 5.99. The largest absolute Gasteiger partial charge is 0.387 e. The Morgan fingerprint density at radius 1 is 1.50 bits per heavy atom. The molecule has 1 heterocycles. The Labute approximate surface area is 60.8 Å². The lowest BCUT2D eigenvalue weighted by molar-refractivity contribution is 0.568. The molecule has 0 amide bonds. The first-order valence-electron chi connectivity index (χ1n) is 3.53. The van der Waals surface area contributed by atoms with Crippen molar-refractivity contribution in [3.63, 3.8) is 0 Å². The van der Waals surface area contributed by atoms with Crippen molar-refractivity contribution in [1.29, 1.82) is 5.41 Å². The van der Waals surface area contributed by atoms with E-state index in [9.17, 15) is 0 Å². The Balaban J connectivity index is 2.79. The maximum absolute atomic E-state index is 7.35. The van der Waals surface area contributed by atoms with Crippen LogP contribution in [0.5, 0.6) is 0 Å². The molecule has 1 rings (SSSR count). The van der Waals surface area contributed by atoms with Crippen molar-refractivity contribution >= 4 is 11.7 Å². The number of amidine groups is 2. The Hall–Kier alpha value is -0.860. The first-order valence-corrected chi connectivity index (χ1v) is 3.53. The van der Waals surface area contributed by atoms with Gasteiger partial charge in [-0.1, -0.05) is 13.8 Å². The van der Waals surface area contributed by atoms with E-state index in [4.69, 9.17) is 11.1 Å². The third kappa shape index (κ3) is 1.17. The Morgan fingerprint density at radius 2 is 2.10 bits per heavy atom. The maximum Gasteiger partial charge on any atom is 0.125 e. The summed E-state index contributed by atoms with van der Waals surface area (Å²) in [4.78, 5) is 3.92. The molecule has 0 aliphatic carbocycles. The maximum atomic E-state index is 7.35. The third-order valence-corrected chi connectivity index (χ3v) is 1.93. The van der Waals surface area contributed by atoms with Crippen LogP contribution >= 0.6 is 0 Å². The molecule has 0 radical (unpaired) electrons. The minimum absolute atomic E-state index is 0.280. The van der Waals surface area contributed by atoms with Crippen molar-refractivity contribution in [1.82, 2.24) is 0 Å². The van der Waals surface area contributed by atoms with Crippen LogP contribution in [-0.4, -0.2) is 11.7 Å². The molecule has 10 heavy (non-hydrogen) atoms. The average Bonchev–Trinajstić information content (AvgIpc) is 1.84. The fourth-order valence-corrected chi connectivity index (χ4v) is 1.12. The second-order valence-electron chi connectivity index (χ2n) is 2.96. The number of hydrogen-bond acceptors (Lipinski definition) is 2. The highest BCUT2D eigenvalue weighted by Gasteiger charge is 2.20. The number of nitrogens with one attached hydrogen (secondary N) is 1. The van der Waals surface area contributed by atoms with Gasteiger partial charge < -0.3 is 5.73 Å². The van der Waals surface area contributed by atoms with E-state index in [1.54, 1.807) is 0 Å². The monoisotopic (exact) mass is 139 g/mol. The minimum Gasteiger partial charge on any atom is -0.387 e. The second-order valence-corrected chi connectivity index (χ2v) is 2.96. The van der Waals surface area contributed by atoms with Gasteiger partial charge in [0.25, 0.3) is 0 Å². The van der Waals surface area contributed by atoms with Crippen LogP contribution in [0.25, 0.3) is 0 Å². The van der Waals surface area contributed by atoms with Crippen LogP contribution in [0.15, 0.2) is 4.99 Å². The van der Waals surface area contributed by atoms with E-state index < -0.39 is 0 Å². The summed E-state index contributed by atoms with van der Waals surface area (Å²) >= 11 is 0. The molecule has 3 nitrogen and oxygen atoms in total. The third-order valence-electron chi connectivity index (χ3n) is 1.93. The summed E-state index contributed by atoms with van der Waals surface area (Å²) in [6.07, 6.45) is 0.966. The first kappa shape index (κ1) is 7.25. The standard InChI is InChI=1S/C7H13N3/c1-4-3-5(2)7(9)10-6(4)8/h4-5H,3H2,1-2H3,(H3,8,9,10). The molecule has 0 aromatic carbocycles. The second kappa shape index (κ2) is 2.40. The topological polar surface area (TPSA) is 62.2 Å². The van der Waals surface area contributed by atoms with Crippen molar-refractivity contribution < 1.29 is 0 Å². The molecule has 3 heteroatoms. The van der Waals surface area contributed by atoms with Gasteiger partial charge in [-0.25, -0.2) is 4.99 Å². The molecule has 0 bridgehead atoms. The lowest BCUT2D eigenvalue weighted by atomic mass is 9.93. The molecule has 0 saturated heterocycles. The predicted octanol–water partition coefficient (Wildman–Crippen LogP) is 0.997. The average molecular weight is 139 g/mol. The summed E-state index contributed by atoms with van der Waals surface area (Å²) in [5, 5.41) is 7.35. The van der Waals surface area contributed by atoms with Crippen LogP contribution < -0.4 is 5.73 Å². The molecule has 0 saturated carbocycles. The van der Waals surface area contributed by atoms with Gasteiger partial charge in [-0.15, -0.1) is 0 Å². The fraction of sp³-hybridized carbons (Fsp3) is 0.714. The van der Waals surface area contributed by atoms with E-state index >= 15 is 0 Å². The number of aliphatic imine (C=N–C) groups is 1. The molecule has 1 aliphatic rings. The number of nitrogens with two attached hydrogens (primary N) is 1. The van der Waals surface area contributed by atoms with Crippen molar-refractivity contribution in [3.8, 4) is 0 Å². The molecule has 2 atom stereocenters. The molecule has 3 N–H and O–H groups in total. The number of nitrogens with zero attached hydrogens (tertiary/aromatic N) is 1. The van der Waals surface area contributed by atoms with Gasteiger partial charge in [-0.3, -0.25) is 5.41 Å². The van der Waals surface area contributed by atoms with Gasteiger partial charge >= 0.3 is 0 Å². The molecule has 0 aromatic rings. The van der Waals surface area contributed by atoms with E-state index in [2.05, 4.69) is 4.99 Å². The highest BCUT2D eigenvalue weighted by Crippen LogP contribution is 2.18. The Kier molecular flexibility index (Phi) is 1.74. The van der Waals surface area contributed by atoms with Crippen molar-refractivity contribution in [2.45, 2.75) is 20.3 Å². The van der Waals surface area contributed by atoms with Crippen molar-refractivity contribution in [2.75, 3.05) is 0 Å². The van der Waals surface area contributed by atoms with E-state index in [1.807, 2.05) is 13.8 Å². The van der Waals surface area contributed by atoms with Crippen LogP contribution in [0.4, 0.5) is 0 Å². The Morgan fingerprint density at radius 3 is 2.60 bits per heavy atom. The number of hydrogen-bond donors (Lipinski definition) is 2. The number of rotatable bonds is 0. The lowest BCUT2D eigenvalue weighted by Gasteiger charge is -2.21. The molecule has 0 fully saturated rings. The zero-order chi connectivity index (χ0) is 7.72. The molecular formula is C7H13N3. The smallest absolute Gasteiger partial charge is 0.125 e. The van der Waals surface area contributed by atoms with Crippen LogP contribution in [0.3, 0.4) is 0 Å².